The van der Waals surface area contributed by atoms with Crippen LogP contribution < -0.4 is 9.47 Å². The number of hydrogen-bond acceptors (Lipinski definition) is 4. The van der Waals surface area contributed by atoms with Crippen LogP contribution in [0.15, 0.2) is 24.3 Å². The molecule has 1 aromatic rings. The van der Waals surface area contributed by atoms with Gasteiger partial charge in [-0.3, -0.25) is 4.79 Å². The molecular formula is C17H26N2O3. The molecule has 1 aromatic carbocycles. The van der Waals surface area contributed by atoms with Crippen molar-refractivity contribution in [3.8, 4) is 11.5 Å². The Labute approximate surface area is 132 Å². The molecule has 22 heavy (non-hydrogen) atoms. The first-order valence-electron chi connectivity index (χ1n) is 7.98. The fourth-order valence-corrected chi connectivity index (χ4v) is 2.61. The fraction of sp³-hybridized carbons (Fsp3) is 0.588. The second-order valence-electron chi connectivity index (χ2n) is 5.58. The van der Waals surface area contributed by atoms with Crippen LogP contribution in [0, 0.1) is 0 Å². The van der Waals surface area contributed by atoms with Crippen LogP contribution in [0.5, 0.6) is 11.5 Å². The minimum Gasteiger partial charge on any atom is -0.486 e. The number of carbonyl (C=O) groups is 1. The lowest BCUT2D eigenvalue weighted by Crippen LogP contribution is -2.41. The molecule has 122 valence electrons. The van der Waals surface area contributed by atoms with E-state index in [4.69, 9.17) is 9.47 Å². The second kappa shape index (κ2) is 8.03. The van der Waals surface area contributed by atoms with Crippen molar-refractivity contribution in [2.24, 2.45) is 0 Å². The third-order valence-corrected chi connectivity index (χ3v) is 3.91. The molecule has 1 aliphatic heterocycles. The van der Waals surface area contributed by atoms with Crippen molar-refractivity contribution in [1.29, 1.82) is 0 Å². The highest BCUT2D eigenvalue weighted by atomic mass is 16.6. The zero-order valence-electron chi connectivity index (χ0n) is 13.7. The molecule has 0 saturated heterocycles. The number of para-hydroxylation sites is 2. The Morgan fingerprint density at radius 1 is 1.23 bits per heavy atom. The van der Waals surface area contributed by atoms with E-state index in [2.05, 4.69) is 4.90 Å². The summed E-state index contributed by atoms with van der Waals surface area (Å²) in [6.07, 6.45) is 0.547. The van der Waals surface area contributed by atoms with Gasteiger partial charge in [0.2, 0.25) is 5.91 Å². The summed E-state index contributed by atoms with van der Waals surface area (Å²) in [5.41, 5.74) is 0. The molecule has 0 saturated carbocycles. The van der Waals surface area contributed by atoms with Gasteiger partial charge in [0.25, 0.3) is 0 Å². The number of amides is 1. The average Bonchev–Trinajstić information content (AvgIpc) is 2.54. The van der Waals surface area contributed by atoms with Crippen molar-refractivity contribution >= 4 is 5.91 Å². The van der Waals surface area contributed by atoms with E-state index in [0.29, 0.717) is 13.0 Å². The van der Waals surface area contributed by atoms with Crippen molar-refractivity contribution in [2.75, 3.05) is 39.8 Å². The molecule has 0 aliphatic carbocycles. The molecular weight excluding hydrogens is 280 g/mol. The summed E-state index contributed by atoms with van der Waals surface area (Å²) in [5.74, 6) is 1.81. The Hall–Kier alpha value is -1.75. The normalized spacial score (nSPS) is 16.6. The topological polar surface area (TPSA) is 42.0 Å². The Morgan fingerprint density at radius 2 is 1.91 bits per heavy atom. The highest BCUT2D eigenvalue weighted by Gasteiger charge is 2.22. The number of rotatable bonds is 7. The first-order chi connectivity index (χ1) is 10.6. The summed E-state index contributed by atoms with van der Waals surface area (Å²) >= 11 is 0. The molecule has 0 radical (unpaired) electrons. The van der Waals surface area contributed by atoms with Crippen LogP contribution in [0.4, 0.5) is 0 Å². The fourth-order valence-electron chi connectivity index (χ4n) is 2.61. The maximum Gasteiger partial charge on any atom is 0.223 e. The number of benzene rings is 1. The molecule has 0 aromatic heterocycles. The highest BCUT2D eigenvalue weighted by molar-refractivity contribution is 5.76. The van der Waals surface area contributed by atoms with Crippen molar-refractivity contribution in [2.45, 2.75) is 26.4 Å². The summed E-state index contributed by atoms with van der Waals surface area (Å²) in [6, 6.07) is 7.72. The van der Waals surface area contributed by atoms with E-state index in [1.54, 1.807) is 0 Å². The van der Waals surface area contributed by atoms with E-state index in [1.807, 2.05) is 50.1 Å². The summed E-state index contributed by atoms with van der Waals surface area (Å²) in [5, 5.41) is 0. The SMILES string of the molecule is CCN(CC)C(=O)CCN(C)CC1COc2ccccc2O1. The molecule has 5 heteroatoms. The first-order valence-corrected chi connectivity index (χ1v) is 7.98. The summed E-state index contributed by atoms with van der Waals surface area (Å²) in [6.45, 7) is 7.60. The van der Waals surface area contributed by atoms with E-state index in [0.717, 1.165) is 37.7 Å². The molecule has 1 unspecified atom stereocenters. The largest absolute Gasteiger partial charge is 0.486 e. The summed E-state index contributed by atoms with van der Waals surface area (Å²) in [4.78, 5) is 16.0. The maximum absolute atomic E-state index is 12.0. The zero-order chi connectivity index (χ0) is 15.9. The standard InChI is InChI=1S/C17H26N2O3/c1-4-19(5-2)17(20)10-11-18(3)12-14-13-21-15-8-6-7-9-16(15)22-14/h6-9,14H,4-5,10-13H2,1-3H3. The zero-order valence-corrected chi connectivity index (χ0v) is 13.7. The van der Waals surface area contributed by atoms with Gasteiger partial charge in [0.05, 0.1) is 0 Å². The van der Waals surface area contributed by atoms with Gasteiger partial charge < -0.3 is 19.3 Å². The molecule has 1 aliphatic rings. The van der Waals surface area contributed by atoms with Crippen LogP contribution in [0.3, 0.4) is 0 Å². The van der Waals surface area contributed by atoms with E-state index >= 15 is 0 Å². The molecule has 1 amide bonds. The Bertz CT molecular complexity index is 489. The van der Waals surface area contributed by atoms with Gasteiger partial charge >= 0.3 is 0 Å². The predicted octanol–water partition coefficient (Wildman–Crippen LogP) is 2.02. The number of hydrogen-bond donors (Lipinski definition) is 0. The number of ether oxygens (including phenoxy) is 2. The van der Waals surface area contributed by atoms with Gasteiger partial charge in [0.1, 0.15) is 12.7 Å². The van der Waals surface area contributed by atoms with Gasteiger partial charge in [0.15, 0.2) is 11.5 Å². The van der Waals surface area contributed by atoms with E-state index < -0.39 is 0 Å². The lowest BCUT2D eigenvalue weighted by atomic mass is 10.2. The lowest BCUT2D eigenvalue weighted by molar-refractivity contribution is -0.131. The number of nitrogens with zero attached hydrogens (tertiary/aromatic N) is 2. The van der Waals surface area contributed by atoms with Crippen LogP contribution in [0.1, 0.15) is 20.3 Å². The quantitative estimate of drug-likeness (QED) is 0.773. The van der Waals surface area contributed by atoms with Crippen molar-refractivity contribution in [3.63, 3.8) is 0 Å². The monoisotopic (exact) mass is 306 g/mol. The maximum atomic E-state index is 12.0. The Balaban J connectivity index is 1.76. The molecule has 0 fully saturated rings. The van der Waals surface area contributed by atoms with Gasteiger partial charge in [-0.25, -0.2) is 0 Å². The highest BCUT2D eigenvalue weighted by Crippen LogP contribution is 2.30. The van der Waals surface area contributed by atoms with Gasteiger partial charge in [-0.1, -0.05) is 12.1 Å². The molecule has 1 atom stereocenters. The van der Waals surface area contributed by atoms with Gasteiger partial charge in [0, 0.05) is 32.6 Å². The Morgan fingerprint density at radius 3 is 2.59 bits per heavy atom. The minimum atomic E-state index is 0.00320. The number of carbonyl (C=O) groups excluding carboxylic acids is 1. The molecule has 0 N–H and O–H groups in total. The predicted molar refractivity (Wildman–Crippen MR) is 86.4 cm³/mol. The lowest BCUT2D eigenvalue weighted by Gasteiger charge is -2.29. The van der Waals surface area contributed by atoms with E-state index in [9.17, 15) is 4.79 Å². The van der Waals surface area contributed by atoms with E-state index in [1.165, 1.54) is 0 Å². The molecule has 0 spiro atoms. The molecule has 5 nitrogen and oxygen atoms in total. The van der Waals surface area contributed by atoms with Crippen LogP contribution in [0.25, 0.3) is 0 Å². The molecule has 2 rings (SSSR count). The Kier molecular flexibility index (Phi) is 6.07. The van der Waals surface area contributed by atoms with Crippen LogP contribution >= 0.6 is 0 Å². The van der Waals surface area contributed by atoms with Gasteiger partial charge in [-0.2, -0.15) is 0 Å². The summed E-state index contributed by atoms with van der Waals surface area (Å²) in [7, 11) is 2.01. The number of fused-ring (bicyclic) bond motifs is 1. The van der Waals surface area contributed by atoms with Gasteiger partial charge in [-0.05, 0) is 33.0 Å². The summed E-state index contributed by atoms with van der Waals surface area (Å²) < 4.78 is 11.6. The smallest absolute Gasteiger partial charge is 0.223 e. The van der Waals surface area contributed by atoms with Gasteiger partial charge in [-0.15, -0.1) is 0 Å². The first kappa shape index (κ1) is 16.6. The van der Waals surface area contributed by atoms with Crippen molar-refractivity contribution in [3.05, 3.63) is 24.3 Å². The van der Waals surface area contributed by atoms with Crippen molar-refractivity contribution in [1.82, 2.24) is 9.80 Å². The van der Waals surface area contributed by atoms with Crippen LogP contribution in [-0.2, 0) is 4.79 Å². The third-order valence-electron chi connectivity index (χ3n) is 3.91. The number of likely N-dealkylation sites (N-methyl/N-ethyl adjacent to an activating group) is 1. The second-order valence-corrected chi connectivity index (χ2v) is 5.58. The van der Waals surface area contributed by atoms with Crippen LogP contribution in [0.2, 0.25) is 0 Å². The van der Waals surface area contributed by atoms with Crippen LogP contribution in [-0.4, -0.2) is 61.6 Å². The third kappa shape index (κ3) is 4.37. The minimum absolute atomic E-state index is 0.00320. The molecule has 1 heterocycles. The molecule has 0 bridgehead atoms. The van der Waals surface area contributed by atoms with E-state index in [-0.39, 0.29) is 12.0 Å². The van der Waals surface area contributed by atoms with Crippen molar-refractivity contribution < 1.29 is 14.3 Å². The average molecular weight is 306 g/mol.